The predicted octanol–water partition coefficient (Wildman–Crippen LogP) is 2.08. The minimum atomic E-state index is -0.482. The highest BCUT2D eigenvalue weighted by Gasteiger charge is 2.18. The van der Waals surface area contributed by atoms with E-state index in [1.807, 2.05) is 25.7 Å². The molecule has 0 saturated heterocycles. The third-order valence-electron chi connectivity index (χ3n) is 3.00. The molecule has 1 aromatic carbocycles. The number of halogens is 1. The lowest BCUT2D eigenvalue weighted by atomic mass is 10.2. The molecule has 0 aliphatic rings. The fourth-order valence-electron chi connectivity index (χ4n) is 1.81. The molecule has 0 bridgehead atoms. The molecule has 0 saturated carbocycles. The van der Waals surface area contributed by atoms with Crippen LogP contribution in [0.4, 0.5) is 15.8 Å². The molecule has 1 amide bonds. The van der Waals surface area contributed by atoms with Gasteiger partial charge in [0.05, 0.1) is 11.7 Å². The molecule has 0 fully saturated rings. The first-order valence-electron chi connectivity index (χ1n) is 6.09. The van der Waals surface area contributed by atoms with Gasteiger partial charge in [-0.25, -0.2) is 4.39 Å². The average Bonchev–Trinajstić information content (AvgIpc) is 2.35. The SMILES string of the molecule is CCN(CC)C(C)C(=O)Nc1ccc(F)c(N)c1. The Morgan fingerprint density at radius 3 is 2.56 bits per heavy atom. The van der Waals surface area contributed by atoms with Crippen LogP contribution < -0.4 is 11.1 Å². The van der Waals surface area contributed by atoms with Crippen molar-refractivity contribution < 1.29 is 9.18 Å². The standard InChI is InChI=1S/C13H20FN3O/c1-4-17(5-2)9(3)13(18)16-10-6-7-11(14)12(15)8-10/h6-9H,4-5,15H2,1-3H3,(H,16,18). The van der Waals surface area contributed by atoms with E-state index in [1.165, 1.54) is 18.2 Å². The minimum Gasteiger partial charge on any atom is -0.396 e. The molecule has 0 heterocycles. The number of carbonyl (C=O) groups excluding carboxylic acids is 1. The molecule has 18 heavy (non-hydrogen) atoms. The van der Waals surface area contributed by atoms with Crippen LogP contribution in [0, 0.1) is 5.82 Å². The number of rotatable bonds is 5. The van der Waals surface area contributed by atoms with Crippen LogP contribution in [0.1, 0.15) is 20.8 Å². The van der Waals surface area contributed by atoms with Crippen LogP contribution in [-0.2, 0) is 4.79 Å². The van der Waals surface area contributed by atoms with Gasteiger partial charge in [-0.15, -0.1) is 0 Å². The van der Waals surface area contributed by atoms with Crippen LogP contribution in [0.5, 0.6) is 0 Å². The number of nitrogens with zero attached hydrogens (tertiary/aromatic N) is 1. The molecule has 0 aromatic heterocycles. The summed E-state index contributed by atoms with van der Waals surface area (Å²) in [6.45, 7) is 7.45. The molecule has 0 spiro atoms. The Bertz CT molecular complexity index is 419. The van der Waals surface area contributed by atoms with Crippen LogP contribution in [0.25, 0.3) is 0 Å². The molecule has 0 aliphatic heterocycles. The van der Waals surface area contributed by atoms with Crippen LogP contribution in [-0.4, -0.2) is 29.9 Å². The van der Waals surface area contributed by atoms with Crippen molar-refractivity contribution in [3.8, 4) is 0 Å². The average molecular weight is 253 g/mol. The van der Waals surface area contributed by atoms with Crippen LogP contribution in [0.2, 0.25) is 0 Å². The molecule has 1 unspecified atom stereocenters. The van der Waals surface area contributed by atoms with Crippen LogP contribution >= 0.6 is 0 Å². The summed E-state index contributed by atoms with van der Waals surface area (Å²) in [6.07, 6.45) is 0. The molecule has 1 atom stereocenters. The molecule has 4 nitrogen and oxygen atoms in total. The molecule has 3 N–H and O–H groups in total. The summed E-state index contributed by atoms with van der Waals surface area (Å²) in [5, 5.41) is 2.73. The van der Waals surface area contributed by atoms with E-state index in [0.29, 0.717) is 5.69 Å². The van der Waals surface area contributed by atoms with E-state index in [9.17, 15) is 9.18 Å². The molecular weight excluding hydrogens is 233 g/mol. The smallest absolute Gasteiger partial charge is 0.241 e. The zero-order valence-electron chi connectivity index (χ0n) is 11.0. The highest BCUT2D eigenvalue weighted by Crippen LogP contribution is 2.16. The number of hydrogen-bond donors (Lipinski definition) is 2. The van der Waals surface area contributed by atoms with E-state index in [0.717, 1.165) is 13.1 Å². The zero-order valence-corrected chi connectivity index (χ0v) is 11.0. The summed E-state index contributed by atoms with van der Waals surface area (Å²) in [6, 6.07) is 3.93. The van der Waals surface area contributed by atoms with E-state index < -0.39 is 5.82 Å². The van der Waals surface area contributed by atoms with Crippen molar-refractivity contribution in [3.63, 3.8) is 0 Å². The maximum absolute atomic E-state index is 13.0. The molecule has 100 valence electrons. The highest BCUT2D eigenvalue weighted by atomic mass is 19.1. The Balaban J connectivity index is 2.72. The second-order valence-electron chi connectivity index (χ2n) is 4.12. The van der Waals surface area contributed by atoms with Gasteiger partial charge in [-0.05, 0) is 38.2 Å². The maximum Gasteiger partial charge on any atom is 0.241 e. The quantitative estimate of drug-likeness (QED) is 0.790. The van der Waals surface area contributed by atoms with Gasteiger partial charge in [0.15, 0.2) is 0 Å². The lowest BCUT2D eigenvalue weighted by molar-refractivity contribution is -0.120. The fraction of sp³-hybridized carbons (Fsp3) is 0.462. The number of anilines is 2. The third kappa shape index (κ3) is 3.43. The predicted molar refractivity (Wildman–Crippen MR) is 71.8 cm³/mol. The zero-order chi connectivity index (χ0) is 13.7. The second-order valence-corrected chi connectivity index (χ2v) is 4.12. The van der Waals surface area contributed by atoms with Crippen LogP contribution in [0.15, 0.2) is 18.2 Å². The Hall–Kier alpha value is -1.62. The van der Waals surface area contributed by atoms with Gasteiger partial charge >= 0.3 is 0 Å². The van der Waals surface area contributed by atoms with Gasteiger partial charge in [-0.1, -0.05) is 13.8 Å². The number of nitrogens with two attached hydrogens (primary N) is 1. The molecule has 1 rings (SSSR count). The van der Waals surface area contributed by atoms with Crippen LogP contribution in [0.3, 0.4) is 0 Å². The second kappa shape index (κ2) is 6.35. The summed E-state index contributed by atoms with van der Waals surface area (Å²) in [4.78, 5) is 14.0. The fourth-order valence-corrected chi connectivity index (χ4v) is 1.81. The van der Waals surface area contributed by atoms with E-state index in [-0.39, 0.29) is 17.6 Å². The Morgan fingerprint density at radius 1 is 1.44 bits per heavy atom. The van der Waals surface area contributed by atoms with Gasteiger partial charge in [0, 0.05) is 5.69 Å². The number of carbonyl (C=O) groups is 1. The van der Waals surface area contributed by atoms with E-state index in [2.05, 4.69) is 5.32 Å². The lowest BCUT2D eigenvalue weighted by Crippen LogP contribution is -2.41. The number of nitrogen functional groups attached to an aromatic ring is 1. The highest BCUT2D eigenvalue weighted by molar-refractivity contribution is 5.94. The van der Waals surface area contributed by atoms with Crippen molar-refractivity contribution in [1.29, 1.82) is 0 Å². The monoisotopic (exact) mass is 253 g/mol. The number of likely N-dealkylation sites (N-methyl/N-ethyl adjacent to an activating group) is 1. The molecule has 0 aliphatic carbocycles. The number of benzene rings is 1. The van der Waals surface area contributed by atoms with Crippen molar-refractivity contribution >= 4 is 17.3 Å². The number of amides is 1. The molecule has 5 heteroatoms. The third-order valence-corrected chi connectivity index (χ3v) is 3.00. The summed E-state index contributed by atoms with van der Waals surface area (Å²) < 4.78 is 13.0. The summed E-state index contributed by atoms with van der Waals surface area (Å²) >= 11 is 0. The van der Waals surface area contributed by atoms with Gasteiger partial charge in [-0.2, -0.15) is 0 Å². The van der Waals surface area contributed by atoms with Gasteiger partial charge in [0.1, 0.15) is 5.82 Å². The largest absolute Gasteiger partial charge is 0.396 e. The first-order valence-corrected chi connectivity index (χ1v) is 6.09. The first-order chi connectivity index (χ1) is 8.49. The van der Waals surface area contributed by atoms with Crippen molar-refractivity contribution in [3.05, 3.63) is 24.0 Å². The van der Waals surface area contributed by atoms with Gasteiger partial charge in [-0.3, -0.25) is 9.69 Å². The maximum atomic E-state index is 13.0. The number of nitrogens with one attached hydrogen (secondary N) is 1. The van der Waals surface area contributed by atoms with Crippen molar-refractivity contribution in [2.75, 3.05) is 24.1 Å². The van der Waals surface area contributed by atoms with Gasteiger partial charge in [0.25, 0.3) is 0 Å². The minimum absolute atomic E-state index is 0.0308. The summed E-state index contributed by atoms with van der Waals surface area (Å²) in [7, 11) is 0. The number of hydrogen-bond acceptors (Lipinski definition) is 3. The van der Waals surface area contributed by atoms with Crippen molar-refractivity contribution in [2.24, 2.45) is 0 Å². The van der Waals surface area contributed by atoms with Crippen molar-refractivity contribution in [1.82, 2.24) is 4.90 Å². The lowest BCUT2D eigenvalue weighted by Gasteiger charge is -2.25. The summed E-state index contributed by atoms with van der Waals surface area (Å²) in [5.41, 5.74) is 5.99. The Kier molecular flexibility index (Phi) is 5.09. The molecular formula is C13H20FN3O. The Labute approximate surface area is 107 Å². The van der Waals surface area contributed by atoms with Gasteiger partial charge in [0.2, 0.25) is 5.91 Å². The first kappa shape index (κ1) is 14.4. The van der Waals surface area contributed by atoms with E-state index >= 15 is 0 Å². The van der Waals surface area contributed by atoms with E-state index in [4.69, 9.17) is 5.73 Å². The van der Waals surface area contributed by atoms with E-state index in [1.54, 1.807) is 0 Å². The summed E-state index contributed by atoms with van der Waals surface area (Å²) in [5.74, 6) is -0.602. The molecule has 1 aromatic rings. The van der Waals surface area contributed by atoms with Crippen molar-refractivity contribution in [2.45, 2.75) is 26.8 Å². The normalized spacial score (nSPS) is 12.5. The molecule has 0 radical (unpaired) electrons. The topological polar surface area (TPSA) is 58.4 Å². The van der Waals surface area contributed by atoms with Gasteiger partial charge < -0.3 is 11.1 Å². The Morgan fingerprint density at radius 2 is 2.06 bits per heavy atom.